The molecule has 0 spiro atoms. The highest BCUT2D eigenvalue weighted by molar-refractivity contribution is 8.00. The monoisotopic (exact) mass is 438 g/mol. The first kappa shape index (κ1) is 24.0. The number of thioether (sulfide) groups is 1. The van der Waals surface area contributed by atoms with Crippen molar-refractivity contribution < 1.29 is 19.1 Å². The third kappa shape index (κ3) is 7.83. The number of rotatable bonds is 10. The van der Waals surface area contributed by atoms with E-state index in [1.165, 1.54) is 24.9 Å². The van der Waals surface area contributed by atoms with Gasteiger partial charge in [0.1, 0.15) is 11.6 Å². The van der Waals surface area contributed by atoms with Crippen molar-refractivity contribution in [2.45, 2.75) is 31.6 Å². The Morgan fingerprint density at radius 2 is 1.90 bits per heavy atom. The van der Waals surface area contributed by atoms with Crippen LogP contribution in [-0.4, -0.2) is 31.3 Å². The van der Waals surface area contributed by atoms with Gasteiger partial charge in [-0.05, 0) is 49.2 Å². The van der Waals surface area contributed by atoms with Gasteiger partial charge in [0.05, 0.1) is 12.9 Å². The molecule has 2 aromatic rings. The van der Waals surface area contributed by atoms with Crippen molar-refractivity contribution in [1.82, 2.24) is 5.32 Å². The minimum Gasteiger partial charge on any atom is -0.493 e. The zero-order chi connectivity index (χ0) is 22.6. The van der Waals surface area contributed by atoms with Gasteiger partial charge in [-0.15, -0.1) is 11.8 Å². The van der Waals surface area contributed by atoms with Crippen LogP contribution >= 0.6 is 11.8 Å². The van der Waals surface area contributed by atoms with E-state index in [1.807, 2.05) is 44.2 Å². The molecule has 0 aromatic heterocycles. The van der Waals surface area contributed by atoms with E-state index in [9.17, 15) is 14.9 Å². The second kappa shape index (κ2) is 12.5. The summed E-state index contributed by atoms with van der Waals surface area (Å²) < 4.78 is 10.8. The van der Waals surface area contributed by atoms with Crippen LogP contribution in [0.4, 0.5) is 0 Å². The van der Waals surface area contributed by atoms with Crippen LogP contribution in [-0.2, 0) is 9.59 Å². The van der Waals surface area contributed by atoms with Gasteiger partial charge in [-0.25, -0.2) is 0 Å². The Kier molecular flexibility index (Phi) is 9.66. The van der Waals surface area contributed by atoms with E-state index in [0.29, 0.717) is 17.9 Å². The largest absolute Gasteiger partial charge is 0.493 e. The molecule has 0 aliphatic heterocycles. The van der Waals surface area contributed by atoms with Crippen LogP contribution in [0.25, 0.3) is 6.08 Å². The van der Waals surface area contributed by atoms with Gasteiger partial charge >= 0.3 is 5.97 Å². The lowest BCUT2D eigenvalue weighted by molar-refractivity contribution is -0.131. The third-order valence-electron chi connectivity index (χ3n) is 4.28. The molecule has 2 rings (SSSR count). The lowest BCUT2D eigenvalue weighted by Crippen LogP contribution is -2.25. The summed E-state index contributed by atoms with van der Waals surface area (Å²) in [6.07, 6.45) is 3.27. The van der Waals surface area contributed by atoms with E-state index in [2.05, 4.69) is 5.32 Å². The second-order valence-electron chi connectivity index (χ2n) is 6.77. The van der Waals surface area contributed by atoms with Crippen LogP contribution in [0.15, 0.2) is 52.9 Å². The van der Waals surface area contributed by atoms with Crippen molar-refractivity contribution in [3.63, 3.8) is 0 Å². The molecule has 0 saturated heterocycles. The predicted molar refractivity (Wildman–Crippen MR) is 122 cm³/mol. The SMILES string of the molecule is CCCCNC(=O)/C(C#N)=C/c1ccc(OC(=O)CSc2ccc(C)cc2)c(OC)c1. The van der Waals surface area contributed by atoms with Crippen LogP contribution in [0, 0.1) is 18.3 Å². The number of esters is 1. The maximum Gasteiger partial charge on any atom is 0.321 e. The van der Waals surface area contributed by atoms with Gasteiger partial charge in [0, 0.05) is 11.4 Å². The van der Waals surface area contributed by atoms with Gasteiger partial charge in [-0.1, -0.05) is 37.1 Å². The van der Waals surface area contributed by atoms with E-state index in [-0.39, 0.29) is 17.1 Å². The second-order valence-corrected chi connectivity index (χ2v) is 7.81. The number of carbonyl (C=O) groups is 2. The van der Waals surface area contributed by atoms with E-state index in [1.54, 1.807) is 18.2 Å². The molecule has 0 unspecified atom stereocenters. The number of carbonyl (C=O) groups excluding carboxylic acids is 2. The van der Waals surface area contributed by atoms with Gasteiger partial charge in [0.15, 0.2) is 11.5 Å². The average molecular weight is 439 g/mol. The molecule has 0 saturated carbocycles. The molecule has 0 heterocycles. The van der Waals surface area contributed by atoms with E-state index in [0.717, 1.165) is 23.3 Å². The predicted octanol–water partition coefficient (Wildman–Crippen LogP) is 4.52. The highest BCUT2D eigenvalue weighted by atomic mass is 32.2. The van der Waals surface area contributed by atoms with Crippen LogP contribution in [0.5, 0.6) is 11.5 Å². The molecule has 0 radical (unpaired) electrons. The van der Waals surface area contributed by atoms with E-state index >= 15 is 0 Å². The van der Waals surface area contributed by atoms with Crippen molar-refractivity contribution in [1.29, 1.82) is 5.26 Å². The number of aryl methyl sites for hydroxylation is 1. The molecule has 2 aromatic carbocycles. The first-order valence-electron chi connectivity index (χ1n) is 9.95. The summed E-state index contributed by atoms with van der Waals surface area (Å²) in [5, 5.41) is 12.0. The van der Waals surface area contributed by atoms with Crippen LogP contribution < -0.4 is 14.8 Å². The maximum absolute atomic E-state index is 12.2. The molecule has 31 heavy (non-hydrogen) atoms. The van der Waals surface area contributed by atoms with Gasteiger partial charge in [-0.2, -0.15) is 5.26 Å². The first-order chi connectivity index (χ1) is 15.0. The van der Waals surface area contributed by atoms with Crippen molar-refractivity contribution in [3.05, 3.63) is 59.2 Å². The number of methoxy groups -OCH3 is 1. The molecule has 6 nitrogen and oxygen atoms in total. The lowest BCUT2D eigenvalue weighted by atomic mass is 10.1. The Morgan fingerprint density at radius 1 is 1.16 bits per heavy atom. The Bertz CT molecular complexity index is 978. The fraction of sp³-hybridized carbons (Fsp3) is 0.292. The molecule has 162 valence electrons. The molecule has 1 amide bonds. The molecular weight excluding hydrogens is 412 g/mol. The van der Waals surface area contributed by atoms with Crippen molar-refractivity contribution in [2.24, 2.45) is 0 Å². The number of amides is 1. The average Bonchev–Trinajstić information content (AvgIpc) is 2.78. The molecule has 7 heteroatoms. The minimum absolute atomic E-state index is 0.00241. The topological polar surface area (TPSA) is 88.4 Å². The number of hydrogen-bond acceptors (Lipinski definition) is 6. The highest BCUT2D eigenvalue weighted by Crippen LogP contribution is 2.30. The Hall–Kier alpha value is -3.24. The summed E-state index contributed by atoms with van der Waals surface area (Å²) in [4.78, 5) is 25.3. The summed E-state index contributed by atoms with van der Waals surface area (Å²) >= 11 is 1.39. The number of nitrogens with zero attached hydrogens (tertiary/aromatic N) is 1. The summed E-state index contributed by atoms with van der Waals surface area (Å²) in [6.45, 7) is 4.55. The number of hydrogen-bond donors (Lipinski definition) is 1. The molecular formula is C24H26N2O4S. The molecule has 0 aliphatic rings. The quantitative estimate of drug-likeness (QED) is 0.146. The standard InChI is InChI=1S/C24H26N2O4S/c1-4-5-12-26-24(28)19(15-25)13-18-8-11-21(22(14-18)29-3)30-23(27)16-31-20-9-6-17(2)7-10-20/h6-11,13-14H,4-5,12,16H2,1-3H3,(H,26,28)/b19-13+. The number of nitriles is 1. The Labute approximate surface area is 187 Å². The number of ether oxygens (including phenoxy) is 2. The number of nitrogens with one attached hydrogen (secondary N) is 1. The van der Waals surface area contributed by atoms with Crippen LogP contribution in [0.3, 0.4) is 0 Å². The number of unbranched alkanes of at least 4 members (excludes halogenated alkanes) is 1. The molecule has 0 aliphatic carbocycles. The summed E-state index contributed by atoms with van der Waals surface area (Å²) in [7, 11) is 1.46. The first-order valence-corrected chi connectivity index (χ1v) is 10.9. The van der Waals surface area contributed by atoms with Crippen molar-refractivity contribution in [3.8, 4) is 17.6 Å². The molecule has 0 atom stereocenters. The van der Waals surface area contributed by atoms with Gasteiger partial charge in [0.2, 0.25) is 0 Å². The third-order valence-corrected chi connectivity index (χ3v) is 5.27. The van der Waals surface area contributed by atoms with Crippen LogP contribution in [0.1, 0.15) is 30.9 Å². The summed E-state index contributed by atoms with van der Waals surface area (Å²) in [6, 6.07) is 14.7. The Balaban J connectivity index is 2.04. The summed E-state index contributed by atoms with van der Waals surface area (Å²) in [5.74, 6) is -0.0467. The Morgan fingerprint density at radius 3 is 2.55 bits per heavy atom. The van der Waals surface area contributed by atoms with Crippen molar-refractivity contribution >= 4 is 29.7 Å². The van der Waals surface area contributed by atoms with Gasteiger partial charge < -0.3 is 14.8 Å². The highest BCUT2D eigenvalue weighted by Gasteiger charge is 2.13. The normalized spacial score (nSPS) is 10.8. The minimum atomic E-state index is -0.418. The fourth-order valence-electron chi connectivity index (χ4n) is 2.58. The number of benzene rings is 2. The fourth-order valence-corrected chi connectivity index (χ4v) is 3.25. The van der Waals surface area contributed by atoms with Crippen LogP contribution in [0.2, 0.25) is 0 Å². The smallest absolute Gasteiger partial charge is 0.321 e. The molecule has 1 N–H and O–H groups in total. The van der Waals surface area contributed by atoms with Gasteiger partial charge in [-0.3, -0.25) is 9.59 Å². The molecule has 0 fully saturated rings. The van der Waals surface area contributed by atoms with Crippen molar-refractivity contribution in [2.75, 3.05) is 19.4 Å². The summed E-state index contributed by atoms with van der Waals surface area (Å²) in [5.41, 5.74) is 1.74. The lowest BCUT2D eigenvalue weighted by Gasteiger charge is -2.10. The van der Waals surface area contributed by atoms with E-state index < -0.39 is 11.9 Å². The van der Waals surface area contributed by atoms with Gasteiger partial charge in [0.25, 0.3) is 5.91 Å². The van der Waals surface area contributed by atoms with E-state index in [4.69, 9.17) is 9.47 Å². The zero-order valence-electron chi connectivity index (χ0n) is 17.9. The maximum atomic E-state index is 12.2. The zero-order valence-corrected chi connectivity index (χ0v) is 18.8. The molecule has 0 bridgehead atoms.